The molecule has 4 nitrogen and oxygen atoms in total. The number of likely N-dealkylation sites (tertiary alicyclic amines) is 1. The Morgan fingerprint density at radius 2 is 1.96 bits per heavy atom. The molecule has 2 rings (SSSR count). The van der Waals surface area contributed by atoms with Gasteiger partial charge in [0.2, 0.25) is 5.91 Å². The van der Waals surface area contributed by atoms with Crippen LogP contribution in [0.2, 0.25) is 5.02 Å². The molecule has 0 radical (unpaired) electrons. The average Bonchev–Trinajstić information content (AvgIpc) is 2.48. The summed E-state index contributed by atoms with van der Waals surface area (Å²) >= 11 is 6.13. The second kappa shape index (κ2) is 7.43. The lowest BCUT2D eigenvalue weighted by Gasteiger charge is -2.36. The summed E-state index contributed by atoms with van der Waals surface area (Å²) in [6, 6.07) is 3.40. The van der Waals surface area contributed by atoms with Crippen LogP contribution in [0.15, 0.2) is 12.1 Å². The van der Waals surface area contributed by atoms with Crippen molar-refractivity contribution in [3.05, 3.63) is 22.7 Å². The predicted molar refractivity (Wildman–Crippen MR) is 95.4 cm³/mol. The molecule has 0 spiro atoms. The molecule has 5 heteroatoms. The molecule has 1 fully saturated rings. The number of rotatable bonds is 4. The normalized spacial score (nSPS) is 22.6. The Kier molecular flexibility index (Phi) is 5.79. The van der Waals surface area contributed by atoms with E-state index in [1.165, 1.54) is 6.42 Å². The van der Waals surface area contributed by atoms with Crippen LogP contribution < -0.4 is 10.1 Å². The number of hydrogen-bond acceptors (Lipinski definition) is 3. The van der Waals surface area contributed by atoms with Crippen LogP contribution in [0.5, 0.6) is 5.75 Å². The largest absolute Gasteiger partial charge is 0.495 e. The van der Waals surface area contributed by atoms with Gasteiger partial charge in [-0.25, -0.2) is 0 Å². The van der Waals surface area contributed by atoms with E-state index >= 15 is 0 Å². The molecule has 23 heavy (non-hydrogen) atoms. The van der Waals surface area contributed by atoms with Gasteiger partial charge in [-0.3, -0.25) is 4.79 Å². The Labute approximate surface area is 144 Å². The van der Waals surface area contributed by atoms with Gasteiger partial charge in [0.05, 0.1) is 12.8 Å². The van der Waals surface area contributed by atoms with Gasteiger partial charge in [-0.05, 0) is 43.7 Å². The Morgan fingerprint density at radius 3 is 2.52 bits per heavy atom. The van der Waals surface area contributed by atoms with Crippen molar-refractivity contribution in [1.29, 1.82) is 0 Å². The van der Waals surface area contributed by atoms with Crippen molar-refractivity contribution >= 4 is 23.2 Å². The zero-order valence-corrected chi connectivity index (χ0v) is 15.4. The van der Waals surface area contributed by atoms with Crippen LogP contribution >= 0.6 is 11.6 Å². The topological polar surface area (TPSA) is 41.6 Å². The van der Waals surface area contributed by atoms with Crippen molar-refractivity contribution in [3.8, 4) is 5.75 Å². The fourth-order valence-electron chi connectivity index (χ4n) is 3.36. The third-order valence-corrected chi connectivity index (χ3v) is 4.81. The molecule has 0 aromatic heterocycles. The maximum Gasteiger partial charge on any atom is 0.244 e. The standard InChI is InChI=1S/C18H27ClN2O2/c1-11-6-12(2)10-21(9-11)18(22)14(4)20-16-7-13(3)15(19)8-17(16)23-5/h7-8,11-12,14,20H,6,9-10H2,1-5H3/t11-,12+,14-/m1/s1. The molecule has 1 aromatic rings. The lowest BCUT2D eigenvalue weighted by molar-refractivity contribution is -0.134. The second-order valence-corrected chi connectivity index (χ2v) is 7.26. The van der Waals surface area contributed by atoms with Gasteiger partial charge >= 0.3 is 0 Å². The zero-order valence-electron chi connectivity index (χ0n) is 14.6. The van der Waals surface area contributed by atoms with Crippen LogP contribution in [0.1, 0.15) is 32.8 Å². The summed E-state index contributed by atoms with van der Waals surface area (Å²) in [4.78, 5) is 14.7. The number of nitrogens with zero attached hydrogens (tertiary/aromatic N) is 1. The maximum atomic E-state index is 12.7. The fraction of sp³-hybridized carbons (Fsp3) is 0.611. The van der Waals surface area contributed by atoms with Gasteiger partial charge in [0.15, 0.2) is 0 Å². The number of amides is 1. The summed E-state index contributed by atoms with van der Waals surface area (Å²) in [5.74, 6) is 1.91. The molecule has 0 aliphatic carbocycles. The van der Waals surface area contributed by atoms with E-state index in [4.69, 9.17) is 16.3 Å². The first-order valence-electron chi connectivity index (χ1n) is 8.21. The number of carbonyl (C=O) groups is 1. The first-order valence-corrected chi connectivity index (χ1v) is 8.59. The van der Waals surface area contributed by atoms with Crippen molar-refractivity contribution in [3.63, 3.8) is 0 Å². The maximum absolute atomic E-state index is 12.7. The summed E-state index contributed by atoms with van der Waals surface area (Å²) in [7, 11) is 1.60. The molecule has 128 valence electrons. The number of nitrogens with one attached hydrogen (secondary N) is 1. The second-order valence-electron chi connectivity index (χ2n) is 6.86. The molecule has 1 heterocycles. The van der Waals surface area contributed by atoms with Crippen molar-refractivity contribution in [1.82, 2.24) is 4.90 Å². The van der Waals surface area contributed by atoms with Gasteiger partial charge in [-0.2, -0.15) is 0 Å². The van der Waals surface area contributed by atoms with Gasteiger partial charge in [-0.1, -0.05) is 25.4 Å². The number of hydrogen-bond donors (Lipinski definition) is 1. The highest BCUT2D eigenvalue weighted by atomic mass is 35.5. The monoisotopic (exact) mass is 338 g/mol. The number of benzene rings is 1. The minimum atomic E-state index is -0.304. The van der Waals surface area contributed by atoms with E-state index in [9.17, 15) is 4.79 Å². The van der Waals surface area contributed by atoms with Crippen molar-refractivity contribution < 1.29 is 9.53 Å². The summed E-state index contributed by atoms with van der Waals surface area (Å²) in [5, 5.41) is 3.94. The van der Waals surface area contributed by atoms with E-state index in [2.05, 4.69) is 19.2 Å². The summed E-state index contributed by atoms with van der Waals surface area (Å²) < 4.78 is 5.37. The van der Waals surface area contributed by atoms with E-state index in [1.807, 2.05) is 24.8 Å². The molecule has 1 aliphatic heterocycles. The molecule has 0 unspecified atom stereocenters. The molecule has 0 saturated carbocycles. The smallest absolute Gasteiger partial charge is 0.244 e. The van der Waals surface area contributed by atoms with Crippen LogP contribution in [0.3, 0.4) is 0 Å². The first kappa shape index (κ1) is 17.9. The minimum Gasteiger partial charge on any atom is -0.495 e. The Morgan fingerprint density at radius 1 is 1.35 bits per heavy atom. The van der Waals surface area contributed by atoms with Crippen LogP contribution in [-0.4, -0.2) is 37.0 Å². The highest BCUT2D eigenvalue weighted by molar-refractivity contribution is 6.31. The van der Waals surface area contributed by atoms with Gasteiger partial charge in [-0.15, -0.1) is 0 Å². The third-order valence-electron chi connectivity index (χ3n) is 4.40. The van der Waals surface area contributed by atoms with E-state index in [0.29, 0.717) is 22.6 Å². The van der Waals surface area contributed by atoms with Crippen LogP contribution in [0, 0.1) is 18.8 Å². The van der Waals surface area contributed by atoms with Crippen molar-refractivity contribution in [2.24, 2.45) is 11.8 Å². The van der Waals surface area contributed by atoms with E-state index in [0.717, 1.165) is 24.3 Å². The lowest BCUT2D eigenvalue weighted by Crippen LogP contribution is -2.48. The number of ether oxygens (including phenoxy) is 1. The Bertz CT molecular complexity index is 566. The minimum absolute atomic E-state index is 0.137. The van der Waals surface area contributed by atoms with Gasteiger partial charge in [0, 0.05) is 24.2 Å². The summed E-state index contributed by atoms with van der Waals surface area (Å²) in [6.07, 6.45) is 1.19. The fourth-order valence-corrected chi connectivity index (χ4v) is 3.51. The SMILES string of the molecule is COc1cc(Cl)c(C)cc1N[C@H](C)C(=O)N1C[C@H](C)C[C@H](C)C1. The molecular weight excluding hydrogens is 312 g/mol. The average molecular weight is 339 g/mol. The van der Waals surface area contributed by atoms with E-state index < -0.39 is 0 Å². The molecule has 1 aromatic carbocycles. The molecule has 1 amide bonds. The Balaban J connectivity index is 2.10. The first-order chi connectivity index (χ1) is 10.8. The number of aryl methyl sites for hydroxylation is 1. The van der Waals surface area contributed by atoms with Crippen LogP contribution in [0.25, 0.3) is 0 Å². The number of carbonyl (C=O) groups excluding carboxylic acids is 1. The zero-order chi connectivity index (χ0) is 17.1. The Hall–Kier alpha value is -1.42. The van der Waals surface area contributed by atoms with E-state index in [1.54, 1.807) is 13.2 Å². The molecule has 0 bridgehead atoms. The van der Waals surface area contributed by atoms with Crippen LogP contribution in [0.4, 0.5) is 5.69 Å². The number of halogens is 1. The number of methoxy groups -OCH3 is 1. The predicted octanol–water partition coefficient (Wildman–Crippen LogP) is 3.96. The third kappa shape index (κ3) is 4.31. The van der Waals surface area contributed by atoms with Gasteiger partial charge in [0.25, 0.3) is 0 Å². The lowest BCUT2D eigenvalue weighted by atomic mass is 9.91. The number of anilines is 1. The molecule has 3 atom stereocenters. The van der Waals surface area contributed by atoms with Gasteiger partial charge < -0.3 is 15.0 Å². The molecule has 1 N–H and O–H groups in total. The summed E-state index contributed by atoms with van der Waals surface area (Å²) in [5.41, 5.74) is 1.75. The highest BCUT2D eigenvalue weighted by Crippen LogP contribution is 2.31. The number of piperidine rings is 1. The van der Waals surface area contributed by atoms with Gasteiger partial charge in [0.1, 0.15) is 11.8 Å². The van der Waals surface area contributed by atoms with Crippen molar-refractivity contribution in [2.75, 3.05) is 25.5 Å². The molecule has 1 saturated heterocycles. The summed E-state index contributed by atoms with van der Waals surface area (Å²) in [6.45, 7) is 9.93. The van der Waals surface area contributed by atoms with Crippen molar-refractivity contribution in [2.45, 2.75) is 40.2 Å². The highest BCUT2D eigenvalue weighted by Gasteiger charge is 2.28. The van der Waals surface area contributed by atoms with E-state index in [-0.39, 0.29) is 11.9 Å². The quantitative estimate of drug-likeness (QED) is 0.903. The molecule has 1 aliphatic rings. The molecular formula is C18H27ClN2O2. The van der Waals surface area contributed by atoms with Crippen LogP contribution in [-0.2, 0) is 4.79 Å².